The summed E-state index contributed by atoms with van der Waals surface area (Å²) in [7, 11) is 0. The van der Waals surface area contributed by atoms with Crippen LogP contribution in [0.5, 0.6) is 0 Å². The highest BCUT2D eigenvalue weighted by molar-refractivity contribution is 6.06. The molecule has 3 rings (SSSR count). The lowest BCUT2D eigenvalue weighted by Crippen LogP contribution is -2.60. The Bertz CT molecular complexity index is 319. The molecule has 76 valence electrons. The molecular formula is C9H10O5. The van der Waals surface area contributed by atoms with Crippen LogP contribution in [0.2, 0.25) is 0 Å². The van der Waals surface area contributed by atoms with Gasteiger partial charge < -0.3 is 14.9 Å². The topological polar surface area (TPSA) is 83.8 Å². The van der Waals surface area contributed by atoms with Crippen molar-refractivity contribution in [1.82, 2.24) is 0 Å². The molecule has 0 amide bonds. The van der Waals surface area contributed by atoms with E-state index in [1.54, 1.807) is 0 Å². The van der Waals surface area contributed by atoms with E-state index in [-0.39, 0.29) is 11.8 Å². The van der Waals surface area contributed by atoms with Gasteiger partial charge in [-0.1, -0.05) is 0 Å². The van der Waals surface area contributed by atoms with Crippen molar-refractivity contribution in [3.63, 3.8) is 0 Å². The van der Waals surface area contributed by atoms with Gasteiger partial charge in [-0.3, -0.25) is 0 Å². The second-order valence-electron chi connectivity index (χ2n) is 4.42. The molecule has 5 nitrogen and oxygen atoms in total. The number of ether oxygens (including phenoxy) is 1. The number of cyclic esters (lactones) is 2. The van der Waals surface area contributed by atoms with Crippen molar-refractivity contribution in [3.05, 3.63) is 0 Å². The molecule has 0 radical (unpaired) electrons. The molecular weight excluding hydrogens is 188 g/mol. The van der Waals surface area contributed by atoms with Crippen LogP contribution in [-0.4, -0.2) is 33.4 Å². The molecule has 1 aliphatic heterocycles. The van der Waals surface area contributed by atoms with E-state index in [9.17, 15) is 19.8 Å². The Hall–Kier alpha value is -0.940. The molecule has 2 N–H and O–H groups in total. The third kappa shape index (κ3) is 0.551. The first-order valence-electron chi connectivity index (χ1n) is 4.72. The van der Waals surface area contributed by atoms with E-state index >= 15 is 0 Å². The molecule has 2 bridgehead atoms. The zero-order valence-corrected chi connectivity index (χ0v) is 7.40. The Morgan fingerprint density at radius 2 is 1.50 bits per heavy atom. The molecule has 0 unspecified atom stereocenters. The molecule has 1 saturated heterocycles. The number of hydrogen-bond donors (Lipinski definition) is 2. The summed E-state index contributed by atoms with van der Waals surface area (Å²) in [4.78, 5) is 22.7. The maximum Gasteiger partial charge on any atom is 0.349 e. The van der Waals surface area contributed by atoms with Gasteiger partial charge in [0.25, 0.3) is 0 Å². The van der Waals surface area contributed by atoms with Crippen LogP contribution in [0.15, 0.2) is 0 Å². The highest BCUT2D eigenvalue weighted by Gasteiger charge is 2.79. The number of fused-ring (bicyclic) bond motifs is 5. The SMILES string of the molecule is O=C1OC(=O)[C@]2(O)[C@@H]3CC[C@@H](C3)[C@]12O. The van der Waals surface area contributed by atoms with Gasteiger partial charge in [0.15, 0.2) is 0 Å². The molecule has 2 aliphatic carbocycles. The van der Waals surface area contributed by atoms with E-state index < -0.39 is 23.1 Å². The number of aliphatic hydroxyl groups is 2. The molecule has 0 aromatic heterocycles. The standard InChI is InChI=1S/C9H10O5/c10-6-8(12)4-1-2-5(3-4)9(8,13)7(11)14-6/h4-5,12-13H,1-3H2/t4-,5+,8-,9+. The smallest absolute Gasteiger partial charge is 0.349 e. The van der Waals surface area contributed by atoms with Crippen LogP contribution >= 0.6 is 0 Å². The van der Waals surface area contributed by atoms with Crippen LogP contribution in [0.3, 0.4) is 0 Å². The Morgan fingerprint density at radius 3 is 1.93 bits per heavy atom. The van der Waals surface area contributed by atoms with Crippen LogP contribution in [0.25, 0.3) is 0 Å². The lowest BCUT2D eigenvalue weighted by molar-refractivity contribution is -0.179. The summed E-state index contributed by atoms with van der Waals surface area (Å²) in [5.41, 5.74) is -3.93. The number of rotatable bonds is 0. The lowest BCUT2D eigenvalue weighted by Gasteiger charge is -2.34. The summed E-state index contributed by atoms with van der Waals surface area (Å²) < 4.78 is 4.34. The van der Waals surface area contributed by atoms with E-state index in [0.29, 0.717) is 19.3 Å². The molecule has 4 atom stereocenters. The Balaban J connectivity index is 2.21. The van der Waals surface area contributed by atoms with Gasteiger partial charge in [-0.25, -0.2) is 9.59 Å². The monoisotopic (exact) mass is 198 g/mol. The first-order chi connectivity index (χ1) is 6.51. The average Bonchev–Trinajstić information content (AvgIpc) is 2.73. The molecule has 0 spiro atoms. The van der Waals surface area contributed by atoms with Crippen molar-refractivity contribution in [1.29, 1.82) is 0 Å². The second-order valence-corrected chi connectivity index (χ2v) is 4.42. The second kappa shape index (κ2) is 2.01. The maximum atomic E-state index is 11.3. The fourth-order valence-electron chi connectivity index (χ4n) is 3.25. The third-order valence-electron chi connectivity index (χ3n) is 4.00. The molecule has 2 saturated carbocycles. The van der Waals surface area contributed by atoms with Crippen molar-refractivity contribution in [2.75, 3.05) is 0 Å². The molecule has 0 aromatic rings. The van der Waals surface area contributed by atoms with Gasteiger partial charge in [0.1, 0.15) is 0 Å². The van der Waals surface area contributed by atoms with Crippen molar-refractivity contribution in [2.45, 2.75) is 30.5 Å². The van der Waals surface area contributed by atoms with Gasteiger partial charge in [-0.2, -0.15) is 0 Å². The minimum Gasteiger partial charge on any atom is -0.389 e. The van der Waals surface area contributed by atoms with E-state index in [2.05, 4.69) is 4.74 Å². The van der Waals surface area contributed by atoms with Crippen molar-refractivity contribution in [3.8, 4) is 0 Å². The zero-order chi connectivity index (χ0) is 10.1. The number of esters is 2. The average molecular weight is 198 g/mol. The van der Waals surface area contributed by atoms with Crippen LogP contribution in [-0.2, 0) is 14.3 Å². The summed E-state index contributed by atoms with van der Waals surface area (Å²) in [6.45, 7) is 0. The van der Waals surface area contributed by atoms with E-state index in [1.807, 2.05) is 0 Å². The minimum atomic E-state index is -1.97. The first-order valence-corrected chi connectivity index (χ1v) is 4.72. The first kappa shape index (κ1) is 8.38. The van der Waals surface area contributed by atoms with E-state index in [4.69, 9.17) is 0 Å². The van der Waals surface area contributed by atoms with Gasteiger partial charge in [0, 0.05) is 11.8 Å². The lowest BCUT2D eigenvalue weighted by atomic mass is 9.73. The number of hydrogen-bond acceptors (Lipinski definition) is 5. The molecule has 0 aromatic carbocycles. The third-order valence-corrected chi connectivity index (χ3v) is 4.00. The highest BCUT2D eigenvalue weighted by Crippen LogP contribution is 2.60. The zero-order valence-electron chi connectivity index (χ0n) is 7.40. The fraction of sp³-hybridized carbons (Fsp3) is 0.778. The van der Waals surface area contributed by atoms with Gasteiger partial charge in [-0.05, 0) is 19.3 Å². The van der Waals surface area contributed by atoms with Crippen LogP contribution in [0.1, 0.15) is 19.3 Å². The molecule has 14 heavy (non-hydrogen) atoms. The van der Waals surface area contributed by atoms with Crippen molar-refractivity contribution in [2.24, 2.45) is 11.8 Å². The Morgan fingerprint density at radius 1 is 1.07 bits per heavy atom. The van der Waals surface area contributed by atoms with Gasteiger partial charge in [-0.15, -0.1) is 0 Å². The largest absolute Gasteiger partial charge is 0.389 e. The van der Waals surface area contributed by atoms with Gasteiger partial charge >= 0.3 is 11.9 Å². The maximum absolute atomic E-state index is 11.3. The summed E-state index contributed by atoms with van der Waals surface area (Å²) in [6, 6.07) is 0. The highest BCUT2D eigenvalue weighted by atomic mass is 16.6. The molecule has 3 aliphatic rings. The van der Waals surface area contributed by atoms with Crippen LogP contribution in [0, 0.1) is 11.8 Å². The minimum absolute atomic E-state index is 0.323. The summed E-state index contributed by atoms with van der Waals surface area (Å²) >= 11 is 0. The van der Waals surface area contributed by atoms with E-state index in [1.165, 1.54) is 0 Å². The molecule has 3 fully saturated rings. The predicted molar refractivity (Wildman–Crippen MR) is 41.8 cm³/mol. The van der Waals surface area contributed by atoms with Gasteiger partial charge in [0.05, 0.1) is 0 Å². The fourth-order valence-corrected chi connectivity index (χ4v) is 3.25. The van der Waals surface area contributed by atoms with Crippen LogP contribution in [0.4, 0.5) is 0 Å². The summed E-state index contributed by atoms with van der Waals surface area (Å²) in [5, 5.41) is 20.1. The summed E-state index contributed by atoms with van der Waals surface area (Å²) in [5.74, 6) is -2.60. The van der Waals surface area contributed by atoms with E-state index in [0.717, 1.165) is 0 Å². The predicted octanol–water partition coefficient (Wildman–Crippen LogP) is -1.04. The van der Waals surface area contributed by atoms with Crippen molar-refractivity contribution >= 4 is 11.9 Å². The number of carbonyl (C=O) groups excluding carboxylic acids is 2. The normalized spacial score (nSPS) is 55.0. The number of carbonyl (C=O) groups is 2. The van der Waals surface area contributed by atoms with Crippen molar-refractivity contribution < 1.29 is 24.5 Å². The molecule has 5 heteroatoms. The quantitative estimate of drug-likeness (QED) is 0.384. The summed E-state index contributed by atoms with van der Waals surface area (Å²) in [6.07, 6.45) is 1.88. The Kier molecular flexibility index (Phi) is 1.21. The Labute approximate surface area is 79.7 Å². The van der Waals surface area contributed by atoms with Crippen LogP contribution < -0.4 is 0 Å². The van der Waals surface area contributed by atoms with Gasteiger partial charge in [0.2, 0.25) is 11.2 Å². The molecule has 1 heterocycles.